The van der Waals surface area contributed by atoms with E-state index in [4.69, 9.17) is 5.73 Å². The summed E-state index contributed by atoms with van der Waals surface area (Å²) in [5, 5.41) is 2.10. The Morgan fingerprint density at radius 3 is 3.00 bits per heavy atom. The molecule has 0 fully saturated rings. The molecule has 1 atom stereocenters. The molecule has 0 aliphatic heterocycles. The number of rotatable bonds is 4. The smallest absolute Gasteiger partial charge is 0.227 e. The second-order valence-electron chi connectivity index (χ2n) is 5.59. The second-order valence-corrected chi connectivity index (χ2v) is 7.63. The summed E-state index contributed by atoms with van der Waals surface area (Å²) in [5.74, 6) is 1.56. The molecule has 0 saturated carbocycles. The SMILES string of the molecule is CCc1nc(SCC(N)=O)c2c3c(sc2n1)CC(C)CC3. The lowest BCUT2D eigenvalue weighted by molar-refractivity contribution is -0.115. The molecule has 2 N–H and O–H groups in total. The number of thioether (sulfide) groups is 1. The third kappa shape index (κ3) is 2.92. The first-order chi connectivity index (χ1) is 10.1. The van der Waals surface area contributed by atoms with Crippen LogP contribution >= 0.6 is 23.1 Å². The van der Waals surface area contributed by atoms with E-state index in [0.29, 0.717) is 0 Å². The topological polar surface area (TPSA) is 68.9 Å². The van der Waals surface area contributed by atoms with Gasteiger partial charge in [-0.05, 0) is 30.7 Å². The maximum Gasteiger partial charge on any atom is 0.227 e. The lowest BCUT2D eigenvalue weighted by Crippen LogP contribution is -2.13. The van der Waals surface area contributed by atoms with Crippen molar-refractivity contribution in [3.63, 3.8) is 0 Å². The first-order valence-corrected chi connectivity index (χ1v) is 9.11. The Bertz CT molecular complexity index is 696. The van der Waals surface area contributed by atoms with Crippen LogP contribution in [0.3, 0.4) is 0 Å². The number of carbonyl (C=O) groups excluding carboxylic acids is 1. The summed E-state index contributed by atoms with van der Waals surface area (Å²) in [4.78, 5) is 23.0. The molecule has 1 aliphatic rings. The van der Waals surface area contributed by atoms with E-state index in [2.05, 4.69) is 23.8 Å². The Hall–Kier alpha value is -1.14. The summed E-state index contributed by atoms with van der Waals surface area (Å²) >= 11 is 3.25. The van der Waals surface area contributed by atoms with Gasteiger partial charge >= 0.3 is 0 Å². The van der Waals surface area contributed by atoms with Crippen LogP contribution in [-0.4, -0.2) is 21.6 Å². The van der Waals surface area contributed by atoms with Gasteiger partial charge in [-0.2, -0.15) is 0 Å². The normalized spacial score (nSPS) is 17.9. The summed E-state index contributed by atoms with van der Waals surface area (Å²) in [5.41, 5.74) is 6.69. The predicted octanol–water partition coefficient (Wildman–Crippen LogP) is 2.96. The Labute approximate surface area is 132 Å². The molecule has 3 rings (SSSR count). The quantitative estimate of drug-likeness (QED) is 0.694. The number of aromatic nitrogens is 2. The molecule has 0 aromatic carbocycles. The molecule has 1 aliphatic carbocycles. The monoisotopic (exact) mass is 321 g/mol. The van der Waals surface area contributed by atoms with Gasteiger partial charge in [0.1, 0.15) is 15.7 Å². The van der Waals surface area contributed by atoms with E-state index in [-0.39, 0.29) is 11.7 Å². The van der Waals surface area contributed by atoms with Crippen LogP contribution in [0, 0.1) is 5.92 Å². The number of hydrogen-bond donors (Lipinski definition) is 1. The van der Waals surface area contributed by atoms with Crippen LogP contribution in [0.2, 0.25) is 0 Å². The summed E-state index contributed by atoms with van der Waals surface area (Å²) < 4.78 is 0. The molecule has 1 amide bonds. The van der Waals surface area contributed by atoms with Gasteiger partial charge < -0.3 is 5.73 Å². The Balaban J connectivity index is 2.12. The highest BCUT2D eigenvalue weighted by Crippen LogP contribution is 2.40. The first kappa shape index (κ1) is 14.8. The van der Waals surface area contributed by atoms with Gasteiger partial charge in [0.2, 0.25) is 5.91 Å². The Morgan fingerprint density at radius 1 is 1.48 bits per heavy atom. The molecule has 2 aromatic heterocycles. The van der Waals surface area contributed by atoms with Crippen molar-refractivity contribution in [2.45, 2.75) is 44.6 Å². The largest absolute Gasteiger partial charge is 0.369 e. The number of hydrogen-bond acceptors (Lipinski definition) is 5. The van der Waals surface area contributed by atoms with E-state index in [1.165, 1.54) is 34.0 Å². The lowest BCUT2D eigenvalue weighted by Gasteiger charge is -2.18. The molecule has 4 nitrogen and oxygen atoms in total. The zero-order chi connectivity index (χ0) is 15.0. The van der Waals surface area contributed by atoms with Crippen molar-refractivity contribution in [2.75, 3.05) is 5.75 Å². The molecular weight excluding hydrogens is 302 g/mol. The first-order valence-electron chi connectivity index (χ1n) is 7.30. The molecule has 1 unspecified atom stereocenters. The second kappa shape index (κ2) is 5.93. The van der Waals surface area contributed by atoms with E-state index < -0.39 is 0 Å². The minimum Gasteiger partial charge on any atom is -0.369 e. The summed E-state index contributed by atoms with van der Waals surface area (Å²) in [6.07, 6.45) is 4.25. The van der Waals surface area contributed by atoms with Crippen LogP contribution in [0.4, 0.5) is 0 Å². The number of thiophene rings is 1. The average molecular weight is 321 g/mol. The molecule has 0 radical (unpaired) electrons. The van der Waals surface area contributed by atoms with E-state index in [1.54, 1.807) is 11.3 Å². The third-order valence-electron chi connectivity index (χ3n) is 3.84. The van der Waals surface area contributed by atoms with Crippen LogP contribution in [0.25, 0.3) is 10.2 Å². The molecule has 2 heterocycles. The van der Waals surface area contributed by atoms with Gasteiger partial charge in [-0.1, -0.05) is 25.6 Å². The maximum atomic E-state index is 11.1. The number of amides is 1. The average Bonchev–Trinajstić information content (AvgIpc) is 2.81. The summed E-state index contributed by atoms with van der Waals surface area (Å²) in [6, 6.07) is 0. The number of fused-ring (bicyclic) bond motifs is 3. The van der Waals surface area contributed by atoms with Gasteiger partial charge in [0.05, 0.1) is 5.75 Å². The van der Waals surface area contributed by atoms with Gasteiger partial charge in [-0.15, -0.1) is 11.3 Å². The van der Waals surface area contributed by atoms with E-state index in [0.717, 1.165) is 40.9 Å². The highest BCUT2D eigenvalue weighted by molar-refractivity contribution is 8.00. The van der Waals surface area contributed by atoms with Crippen LogP contribution in [0.5, 0.6) is 0 Å². The van der Waals surface area contributed by atoms with Crippen LogP contribution in [0.1, 0.15) is 36.5 Å². The minimum atomic E-state index is -0.303. The number of carbonyl (C=O) groups is 1. The van der Waals surface area contributed by atoms with E-state index in [9.17, 15) is 4.79 Å². The number of aryl methyl sites for hydroxylation is 2. The van der Waals surface area contributed by atoms with Gasteiger partial charge in [0.15, 0.2) is 0 Å². The van der Waals surface area contributed by atoms with Crippen molar-refractivity contribution in [1.29, 1.82) is 0 Å². The fourth-order valence-corrected chi connectivity index (χ4v) is 5.03. The van der Waals surface area contributed by atoms with Crippen molar-refractivity contribution in [3.8, 4) is 0 Å². The zero-order valence-corrected chi connectivity index (χ0v) is 13.9. The van der Waals surface area contributed by atoms with E-state index >= 15 is 0 Å². The number of primary amides is 1. The molecule has 0 saturated heterocycles. The molecular formula is C15H19N3OS2. The van der Waals surface area contributed by atoms with Crippen LogP contribution in [-0.2, 0) is 24.1 Å². The lowest BCUT2D eigenvalue weighted by atomic mass is 9.89. The van der Waals surface area contributed by atoms with Crippen molar-refractivity contribution >= 4 is 39.2 Å². The third-order valence-corrected chi connectivity index (χ3v) is 5.98. The van der Waals surface area contributed by atoms with Crippen molar-refractivity contribution in [1.82, 2.24) is 9.97 Å². The van der Waals surface area contributed by atoms with Crippen LogP contribution in [0.15, 0.2) is 5.03 Å². The van der Waals surface area contributed by atoms with Gasteiger partial charge in [0.25, 0.3) is 0 Å². The van der Waals surface area contributed by atoms with Crippen molar-refractivity contribution < 1.29 is 4.79 Å². The minimum absolute atomic E-state index is 0.274. The molecule has 112 valence electrons. The highest BCUT2D eigenvalue weighted by Gasteiger charge is 2.24. The Morgan fingerprint density at radius 2 is 2.29 bits per heavy atom. The molecule has 2 aromatic rings. The van der Waals surface area contributed by atoms with Crippen LogP contribution < -0.4 is 5.73 Å². The van der Waals surface area contributed by atoms with Gasteiger partial charge in [-0.3, -0.25) is 4.79 Å². The fraction of sp³-hybridized carbons (Fsp3) is 0.533. The number of nitrogens with zero attached hydrogens (tertiary/aromatic N) is 2. The predicted molar refractivity (Wildman–Crippen MR) is 87.9 cm³/mol. The highest BCUT2D eigenvalue weighted by atomic mass is 32.2. The van der Waals surface area contributed by atoms with Gasteiger partial charge in [-0.25, -0.2) is 9.97 Å². The summed E-state index contributed by atoms with van der Waals surface area (Å²) in [6.45, 7) is 4.36. The molecule has 21 heavy (non-hydrogen) atoms. The molecule has 6 heteroatoms. The zero-order valence-electron chi connectivity index (χ0n) is 12.3. The fourth-order valence-electron chi connectivity index (χ4n) is 2.75. The van der Waals surface area contributed by atoms with Crippen molar-refractivity contribution in [2.24, 2.45) is 11.7 Å². The number of nitrogens with two attached hydrogens (primary N) is 1. The van der Waals surface area contributed by atoms with Crippen molar-refractivity contribution in [3.05, 3.63) is 16.3 Å². The Kier molecular flexibility index (Phi) is 4.17. The molecule has 0 spiro atoms. The summed E-state index contributed by atoms with van der Waals surface area (Å²) in [7, 11) is 0. The standard InChI is InChI=1S/C15H19N3OS2/c1-3-12-17-14(20-7-11(16)19)13-9-5-4-8(2)6-10(9)21-15(13)18-12/h8H,3-7H2,1-2H3,(H2,16,19). The van der Waals surface area contributed by atoms with E-state index in [1.807, 2.05) is 0 Å². The van der Waals surface area contributed by atoms with Gasteiger partial charge in [0, 0.05) is 16.7 Å². The molecule has 0 bridgehead atoms. The maximum absolute atomic E-state index is 11.1.